The molecule has 5 N–H and O–H groups in total. The number of aliphatic hydroxyl groups excluding tert-OH is 2. The third kappa shape index (κ3) is 6.37. The molecule has 9 nitrogen and oxygen atoms in total. The lowest BCUT2D eigenvalue weighted by Gasteiger charge is -2.60. The van der Waals surface area contributed by atoms with Crippen LogP contribution < -0.4 is 20.7 Å². The quantitative estimate of drug-likeness (QED) is 0.287. The number of nitriles is 1. The first-order chi connectivity index (χ1) is 18.7. The summed E-state index contributed by atoms with van der Waals surface area (Å²) in [7, 11) is 0. The van der Waals surface area contributed by atoms with Gasteiger partial charge in [0.1, 0.15) is 23.2 Å². The van der Waals surface area contributed by atoms with Crippen molar-refractivity contribution in [3.8, 4) is 11.8 Å². The van der Waals surface area contributed by atoms with Crippen LogP contribution in [0.5, 0.6) is 5.75 Å². The topological polar surface area (TPSA) is 135 Å². The fraction of sp³-hybridized carbons (Fsp3) is 0.593. The van der Waals surface area contributed by atoms with Crippen LogP contribution in [-0.4, -0.2) is 58.4 Å². The molecule has 4 saturated carbocycles. The van der Waals surface area contributed by atoms with Gasteiger partial charge in [-0.05, 0) is 61.3 Å². The van der Waals surface area contributed by atoms with Gasteiger partial charge in [-0.2, -0.15) is 10.2 Å². The summed E-state index contributed by atoms with van der Waals surface area (Å²) < 4.78 is 42.4. The van der Waals surface area contributed by atoms with E-state index < -0.39 is 12.5 Å². The number of nitrogens with zero attached hydrogens (tertiary/aromatic N) is 3. The molecule has 6 rings (SSSR count). The zero-order valence-electron chi connectivity index (χ0n) is 21.4. The van der Waals surface area contributed by atoms with Gasteiger partial charge in [0.05, 0.1) is 18.9 Å². The predicted molar refractivity (Wildman–Crippen MR) is 137 cm³/mol. The van der Waals surface area contributed by atoms with Crippen molar-refractivity contribution in [3.63, 3.8) is 0 Å². The fourth-order valence-corrected chi connectivity index (χ4v) is 7.08. The summed E-state index contributed by atoms with van der Waals surface area (Å²) in [5.74, 6) is 1.94. The second-order valence-electron chi connectivity index (χ2n) is 11.2. The van der Waals surface area contributed by atoms with E-state index in [4.69, 9.17) is 5.11 Å². The Bertz CT molecular complexity index is 1190. The number of alkyl halides is 3. The van der Waals surface area contributed by atoms with E-state index in [9.17, 15) is 23.5 Å². The van der Waals surface area contributed by atoms with E-state index in [1.165, 1.54) is 24.4 Å². The first kappa shape index (κ1) is 27.4. The molecule has 1 heterocycles. The molecule has 6 atom stereocenters. The number of halogens is 3. The molecule has 4 fully saturated rings. The predicted octanol–water partition coefficient (Wildman–Crippen LogP) is 3.41. The molecule has 210 valence electrons. The molecule has 39 heavy (non-hydrogen) atoms. The summed E-state index contributed by atoms with van der Waals surface area (Å²) >= 11 is 0. The van der Waals surface area contributed by atoms with E-state index >= 15 is 0 Å². The number of hydrogen-bond donors (Lipinski definition) is 5. The number of aliphatic hydroxyl groups is 2. The van der Waals surface area contributed by atoms with Gasteiger partial charge < -0.3 is 30.9 Å². The number of aromatic nitrogens is 2. The standard InChI is InChI=1S/C27H33F3N6O3/c28-27(29,30)39-22-4-2-1-3-17(22)11-33-25-34-12-20(10-31)24(36-25)35-15-26-7-16-5-18(8-26)23(19(6-16)9-26)32-13-21(38)14-37/h1-4,12,16,18-19,21,23,32,37-38H,5-9,11,13-15H2,(H2,33,34,35,36)/t16?,18-,19+,21?,23-,26+. The Morgan fingerprint density at radius 2 is 1.90 bits per heavy atom. The zero-order chi connectivity index (χ0) is 27.6. The summed E-state index contributed by atoms with van der Waals surface area (Å²) in [5.41, 5.74) is 0.674. The third-order valence-corrected chi connectivity index (χ3v) is 8.38. The van der Waals surface area contributed by atoms with Crippen molar-refractivity contribution in [3.05, 3.63) is 41.6 Å². The number of rotatable bonds is 11. The van der Waals surface area contributed by atoms with Gasteiger partial charge in [0.15, 0.2) is 0 Å². The molecule has 0 saturated heterocycles. The molecule has 2 unspecified atom stereocenters. The van der Waals surface area contributed by atoms with Gasteiger partial charge in [0, 0.05) is 31.2 Å². The van der Waals surface area contributed by atoms with Crippen LogP contribution in [-0.2, 0) is 6.54 Å². The third-order valence-electron chi connectivity index (χ3n) is 8.38. The highest BCUT2D eigenvalue weighted by Gasteiger charge is 2.55. The lowest BCUT2D eigenvalue weighted by atomic mass is 9.48. The van der Waals surface area contributed by atoms with Crippen molar-refractivity contribution >= 4 is 11.8 Å². The summed E-state index contributed by atoms with van der Waals surface area (Å²) in [5, 5.41) is 38.4. The van der Waals surface area contributed by atoms with Gasteiger partial charge in [-0.25, -0.2) is 4.98 Å². The Labute approximate surface area is 224 Å². The van der Waals surface area contributed by atoms with Crippen molar-refractivity contribution in [2.45, 2.75) is 57.2 Å². The number of ether oxygens (including phenoxy) is 1. The van der Waals surface area contributed by atoms with Gasteiger partial charge in [-0.15, -0.1) is 13.2 Å². The lowest BCUT2D eigenvalue weighted by Crippen LogP contribution is -2.60. The average molecular weight is 547 g/mol. The van der Waals surface area contributed by atoms with Gasteiger partial charge in [0.2, 0.25) is 5.95 Å². The minimum absolute atomic E-state index is 0.00589. The maximum atomic E-state index is 12.8. The zero-order valence-corrected chi connectivity index (χ0v) is 21.4. The largest absolute Gasteiger partial charge is 0.573 e. The smallest absolute Gasteiger partial charge is 0.405 e. The summed E-state index contributed by atoms with van der Waals surface area (Å²) in [6, 6.07) is 8.31. The van der Waals surface area contributed by atoms with E-state index in [1.54, 1.807) is 6.07 Å². The van der Waals surface area contributed by atoms with Crippen molar-refractivity contribution < 1.29 is 28.1 Å². The highest BCUT2D eigenvalue weighted by Crippen LogP contribution is 2.60. The molecule has 12 heteroatoms. The molecule has 2 aromatic rings. The average Bonchev–Trinajstić information content (AvgIpc) is 2.89. The number of para-hydroxylation sites is 1. The fourth-order valence-electron chi connectivity index (χ4n) is 7.08. The van der Waals surface area contributed by atoms with Crippen LogP contribution in [0.25, 0.3) is 0 Å². The molecule has 0 aliphatic heterocycles. The molecular formula is C27H33F3N6O3. The first-order valence-corrected chi connectivity index (χ1v) is 13.3. The second-order valence-corrected chi connectivity index (χ2v) is 11.2. The number of benzene rings is 1. The minimum atomic E-state index is -4.80. The first-order valence-electron chi connectivity index (χ1n) is 13.3. The van der Waals surface area contributed by atoms with Gasteiger partial charge in [0.25, 0.3) is 0 Å². The highest BCUT2D eigenvalue weighted by atomic mass is 19.4. The number of anilines is 2. The van der Waals surface area contributed by atoms with Crippen molar-refractivity contribution in [1.29, 1.82) is 5.26 Å². The van der Waals surface area contributed by atoms with Crippen LogP contribution in [0.15, 0.2) is 30.5 Å². The van der Waals surface area contributed by atoms with Crippen molar-refractivity contribution in [1.82, 2.24) is 15.3 Å². The minimum Gasteiger partial charge on any atom is -0.405 e. The van der Waals surface area contributed by atoms with E-state index in [0.717, 1.165) is 32.1 Å². The molecule has 0 spiro atoms. The Kier molecular flexibility index (Phi) is 7.84. The van der Waals surface area contributed by atoms with E-state index in [2.05, 4.69) is 36.7 Å². The number of nitrogens with one attached hydrogen (secondary N) is 3. The monoisotopic (exact) mass is 546 g/mol. The van der Waals surface area contributed by atoms with E-state index in [0.29, 0.717) is 53.8 Å². The molecule has 0 radical (unpaired) electrons. The van der Waals surface area contributed by atoms with Crippen LogP contribution >= 0.6 is 0 Å². The molecule has 1 aromatic heterocycles. The van der Waals surface area contributed by atoms with Gasteiger partial charge >= 0.3 is 6.36 Å². The molecule has 4 aliphatic rings. The Morgan fingerprint density at radius 1 is 1.15 bits per heavy atom. The van der Waals surface area contributed by atoms with Crippen LogP contribution in [0.2, 0.25) is 0 Å². The van der Waals surface area contributed by atoms with Crippen molar-refractivity contribution in [2.75, 3.05) is 30.3 Å². The summed E-state index contributed by atoms with van der Waals surface area (Å²) in [4.78, 5) is 8.63. The van der Waals surface area contributed by atoms with Gasteiger partial charge in [-0.3, -0.25) is 0 Å². The molecule has 1 aromatic carbocycles. The van der Waals surface area contributed by atoms with Crippen LogP contribution in [0.4, 0.5) is 24.9 Å². The van der Waals surface area contributed by atoms with Crippen LogP contribution in [0, 0.1) is 34.5 Å². The Hall–Kier alpha value is -3.14. The highest BCUT2D eigenvalue weighted by molar-refractivity contribution is 5.53. The Morgan fingerprint density at radius 3 is 2.59 bits per heavy atom. The lowest BCUT2D eigenvalue weighted by molar-refractivity contribution is -0.274. The molecule has 0 amide bonds. The van der Waals surface area contributed by atoms with Crippen LogP contribution in [0.3, 0.4) is 0 Å². The maximum absolute atomic E-state index is 12.8. The summed E-state index contributed by atoms with van der Waals surface area (Å²) in [6.07, 6.45) is 1.36. The maximum Gasteiger partial charge on any atom is 0.573 e. The normalized spacial score (nSPS) is 28.1. The van der Waals surface area contributed by atoms with E-state index in [1.807, 2.05) is 0 Å². The molecular weight excluding hydrogens is 513 g/mol. The summed E-state index contributed by atoms with van der Waals surface area (Å²) in [6.45, 7) is 0.803. The molecule has 4 aliphatic carbocycles. The SMILES string of the molecule is N#Cc1cnc(NCc2ccccc2OC(F)(F)F)nc1NC[C@@]12CC3C[C@H](C1)[C@@H](NCC(O)CO)[C@@H](C3)C2. The second kappa shape index (κ2) is 11.2. The van der Waals surface area contributed by atoms with Gasteiger partial charge in [-0.1, -0.05) is 18.2 Å². The number of hydrogen-bond acceptors (Lipinski definition) is 9. The van der Waals surface area contributed by atoms with E-state index in [-0.39, 0.29) is 30.3 Å². The van der Waals surface area contributed by atoms with Crippen LogP contribution in [0.1, 0.15) is 43.2 Å². The molecule has 4 bridgehead atoms. The van der Waals surface area contributed by atoms with Crippen molar-refractivity contribution in [2.24, 2.45) is 23.2 Å². The Balaban J connectivity index is 1.24.